The van der Waals surface area contributed by atoms with Gasteiger partial charge in [0, 0.05) is 18.2 Å². The van der Waals surface area contributed by atoms with Gasteiger partial charge in [0.25, 0.3) is 5.91 Å². The van der Waals surface area contributed by atoms with E-state index in [0.29, 0.717) is 0 Å². The van der Waals surface area contributed by atoms with Gasteiger partial charge in [0.15, 0.2) is 0 Å². The van der Waals surface area contributed by atoms with Gasteiger partial charge in [-0.1, -0.05) is 18.0 Å². The van der Waals surface area contributed by atoms with Crippen molar-refractivity contribution < 1.29 is 21.6 Å². The first-order valence-corrected chi connectivity index (χ1v) is 12.1. The zero-order valence-corrected chi connectivity index (χ0v) is 16.8. The van der Waals surface area contributed by atoms with E-state index in [0.717, 1.165) is 31.8 Å². The number of hydrogen-bond acceptors (Lipinski definition) is 5. The molecule has 1 fully saturated rings. The second kappa shape index (κ2) is 8.12. The van der Waals surface area contributed by atoms with Crippen LogP contribution >= 0.6 is 11.6 Å². The molecule has 0 unspecified atom stereocenters. The summed E-state index contributed by atoms with van der Waals surface area (Å²) in [6.07, 6.45) is 4.55. The van der Waals surface area contributed by atoms with Crippen LogP contribution in [0.15, 0.2) is 18.2 Å². The fourth-order valence-corrected chi connectivity index (χ4v) is 4.23. The molecule has 0 saturated heterocycles. The van der Waals surface area contributed by atoms with E-state index in [-0.39, 0.29) is 40.7 Å². The Bertz CT molecular complexity index is 887. The molecule has 0 radical (unpaired) electrons. The molecule has 2 atom stereocenters. The largest absolute Gasteiger partial charge is 0.349 e. The molecule has 0 heterocycles. The van der Waals surface area contributed by atoms with Gasteiger partial charge in [-0.2, -0.15) is 0 Å². The molecule has 3 N–H and O–H groups in total. The van der Waals surface area contributed by atoms with Crippen molar-refractivity contribution in [3.05, 3.63) is 28.8 Å². The van der Waals surface area contributed by atoms with Gasteiger partial charge >= 0.3 is 0 Å². The van der Waals surface area contributed by atoms with Crippen LogP contribution in [0.25, 0.3) is 0 Å². The van der Waals surface area contributed by atoms with Gasteiger partial charge in [-0.15, -0.1) is 0 Å². The quantitative estimate of drug-likeness (QED) is 0.607. The minimum Gasteiger partial charge on any atom is -0.349 e. The number of nitrogens with one attached hydrogen (secondary N) is 3. The summed E-state index contributed by atoms with van der Waals surface area (Å²) in [6, 6.07) is 4.17. The summed E-state index contributed by atoms with van der Waals surface area (Å²) in [7, 11) is -6.81. The summed E-state index contributed by atoms with van der Waals surface area (Å²) in [4.78, 5) is 12.5. The van der Waals surface area contributed by atoms with Gasteiger partial charge in [-0.25, -0.2) is 21.6 Å². The van der Waals surface area contributed by atoms with Crippen LogP contribution < -0.4 is 14.8 Å². The maximum absolute atomic E-state index is 12.5. The van der Waals surface area contributed by atoms with Gasteiger partial charge in [0.1, 0.15) is 0 Å². The summed E-state index contributed by atoms with van der Waals surface area (Å²) in [6.45, 7) is 0.269. The van der Waals surface area contributed by atoms with Crippen molar-refractivity contribution in [2.24, 2.45) is 5.92 Å². The molecule has 1 aromatic rings. The van der Waals surface area contributed by atoms with E-state index in [1.54, 1.807) is 0 Å². The summed E-state index contributed by atoms with van der Waals surface area (Å²) < 4.78 is 50.0. The van der Waals surface area contributed by atoms with Crippen molar-refractivity contribution in [1.82, 2.24) is 10.0 Å². The van der Waals surface area contributed by atoms with Gasteiger partial charge in [-0.3, -0.25) is 9.52 Å². The first-order valence-electron chi connectivity index (χ1n) is 7.97. The number of hydrogen-bond donors (Lipinski definition) is 3. The van der Waals surface area contributed by atoms with E-state index in [1.165, 1.54) is 18.2 Å². The second-order valence-electron chi connectivity index (χ2n) is 6.46. The predicted molar refractivity (Wildman–Crippen MR) is 101 cm³/mol. The van der Waals surface area contributed by atoms with E-state index in [2.05, 4.69) is 14.8 Å². The van der Waals surface area contributed by atoms with Crippen molar-refractivity contribution in [2.45, 2.75) is 25.3 Å². The van der Waals surface area contributed by atoms with E-state index < -0.39 is 20.0 Å². The van der Waals surface area contributed by atoms with Crippen LogP contribution in [0.4, 0.5) is 5.69 Å². The lowest BCUT2D eigenvalue weighted by Crippen LogP contribution is -2.41. The van der Waals surface area contributed by atoms with Crippen LogP contribution in [-0.4, -0.2) is 47.8 Å². The van der Waals surface area contributed by atoms with Gasteiger partial charge < -0.3 is 5.32 Å². The maximum atomic E-state index is 12.5. The van der Waals surface area contributed by atoms with Gasteiger partial charge in [0.05, 0.1) is 23.2 Å². The zero-order valence-electron chi connectivity index (χ0n) is 14.5. The average Bonchev–Trinajstić information content (AvgIpc) is 2.92. The van der Waals surface area contributed by atoms with Crippen molar-refractivity contribution in [2.75, 3.05) is 23.8 Å². The lowest BCUT2D eigenvalue weighted by Gasteiger charge is -2.21. The highest BCUT2D eigenvalue weighted by Gasteiger charge is 2.29. The fraction of sp³-hybridized carbons (Fsp3) is 0.533. The van der Waals surface area contributed by atoms with Crippen molar-refractivity contribution >= 4 is 43.2 Å². The third-order valence-electron chi connectivity index (χ3n) is 4.11. The van der Waals surface area contributed by atoms with Gasteiger partial charge in [0.2, 0.25) is 20.0 Å². The Morgan fingerprint density at radius 3 is 2.46 bits per heavy atom. The van der Waals surface area contributed by atoms with Crippen molar-refractivity contribution in [3.8, 4) is 0 Å². The van der Waals surface area contributed by atoms with Gasteiger partial charge in [-0.05, 0) is 37.0 Å². The Kier molecular flexibility index (Phi) is 6.54. The Balaban J connectivity index is 2.08. The number of rotatable bonds is 7. The first kappa shape index (κ1) is 20.9. The normalized spacial score (nSPS) is 20.7. The molecule has 26 heavy (non-hydrogen) atoms. The molecule has 0 aliphatic heterocycles. The van der Waals surface area contributed by atoms with Crippen molar-refractivity contribution in [3.63, 3.8) is 0 Å². The van der Waals surface area contributed by atoms with Crippen LogP contribution in [0, 0.1) is 5.92 Å². The maximum Gasteiger partial charge on any atom is 0.251 e. The smallest absolute Gasteiger partial charge is 0.251 e. The number of anilines is 1. The molecule has 8 nitrogen and oxygen atoms in total. The molecule has 1 aromatic carbocycles. The van der Waals surface area contributed by atoms with Crippen LogP contribution in [0.3, 0.4) is 0 Å². The molecular formula is C15H22ClN3O5S2. The molecule has 1 saturated carbocycles. The van der Waals surface area contributed by atoms with Crippen LogP contribution in [-0.2, 0) is 20.0 Å². The highest BCUT2D eigenvalue weighted by molar-refractivity contribution is 7.92. The standard InChI is InChI=1S/C15H22ClN3O5S2/c1-25(21,22)17-9-11-4-3-5-13(11)18-15(20)10-6-7-12(16)14(8-10)19-26(2,23)24/h6-8,11,13,17,19H,3-5,9H2,1-2H3,(H,18,20)/t11-,13+/m0/s1. The molecule has 0 bridgehead atoms. The molecule has 1 aliphatic rings. The van der Waals surface area contributed by atoms with E-state index in [9.17, 15) is 21.6 Å². The van der Waals surface area contributed by atoms with E-state index in [1.807, 2.05) is 0 Å². The number of sulfonamides is 2. The van der Waals surface area contributed by atoms with Crippen LogP contribution in [0.5, 0.6) is 0 Å². The highest BCUT2D eigenvalue weighted by Crippen LogP contribution is 2.27. The fourth-order valence-electron chi connectivity index (χ4n) is 2.93. The average molecular weight is 424 g/mol. The SMILES string of the molecule is CS(=O)(=O)NC[C@@H]1CCC[C@H]1NC(=O)c1ccc(Cl)c(NS(C)(=O)=O)c1. The molecule has 0 spiro atoms. The molecule has 2 rings (SSSR count). The molecular weight excluding hydrogens is 402 g/mol. The molecule has 11 heteroatoms. The number of carbonyl (C=O) groups excluding carboxylic acids is 1. The predicted octanol–water partition coefficient (Wildman–Crippen LogP) is 1.16. The topological polar surface area (TPSA) is 121 Å². The Morgan fingerprint density at radius 2 is 1.85 bits per heavy atom. The molecule has 146 valence electrons. The van der Waals surface area contributed by atoms with E-state index >= 15 is 0 Å². The Labute approximate surface area is 158 Å². The monoisotopic (exact) mass is 423 g/mol. The minimum absolute atomic E-state index is 0.00888. The third kappa shape index (κ3) is 6.42. The zero-order chi connectivity index (χ0) is 19.5. The summed E-state index contributed by atoms with van der Waals surface area (Å²) in [5.74, 6) is -0.357. The Hall–Kier alpha value is -1.36. The Morgan fingerprint density at radius 1 is 1.15 bits per heavy atom. The second-order valence-corrected chi connectivity index (χ2v) is 10.4. The highest BCUT2D eigenvalue weighted by atomic mass is 35.5. The summed E-state index contributed by atoms with van der Waals surface area (Å²) in [5.41, 5.74) is 0.394. The molecule has 0 aromatic heterocycles. The molecule has 1 aliphatic carbocycles. The van der Waals surface area contributed by atoms with Crippen molar-refractivity contribution in [1.29, 1.82) is 0 Å². The number of halogens is 1. The molecule has 1 amide bonds. The minimum atomic E-state index is -3.53. The number of amides is 1. The van der Waals surface area contributed by atoms with Crippen LogP contribution in [0.1, 0.15) is 29.6 Å². The lowest BCUT2D eigenvalue weighted by molar-refractivity contribution is 0.0928. The summed E-state index contributed by atoms with van der Waals surface area (Å²) >= 11 is 5.96. The van der Waals surface area contributed by atoms with Crippen LogP contribution in [0.2, 0.25) is 5.02 Å². The number of carbonyl (C=O) groups is 1. The van der Waals surface area contributed by atoms with E-state index in [4.69, 9.17) is 11.6 Å². The first-order chi connectivity index (χ1) is 11.9. The summed E-state index contributed by atoms with van der Waals surface area (Å²) in [5, 5.41) is 3.08. The lowest BCUT2D eigenvalue weighted by atomic mass is 10.0. The number of benzene rings is 1. The third-order valence-corrected chi connectivity index (χ3v) is 5.72.